The Kier molecular flexibility index (Phi) is 3.42. The van der Waals surface area contributed by atoms with Crippen LogP contribution in [0.5, 0.6) is 5.75 Å². The van der Waals surface area contributed by atoms with Crippen molar-refractivity contribution in [1.29, 1.82) is 0 Å². The van der Waals surface area contributed by atoms with Gasteiger partial charge < -0.3 is 4.74 Å². The molecule has 0 radical (unpaired) electrons. The first kappa shape index (κ1) is 14.3. The molecule has 0 amide bonds. The quantitative estimate of drug-likeness (QED) is 0.580. The van der Waals surface area contributed by atoms with Gasteiger partial charge in [0.2, 0.25) is 0 Å². The monoisotopic (exact) mass is 317 g/mol. The van der Waals surface area contributed by atoms with Crippen molar-refractivity contribution in [2.24, 2.45) is 0 Å². The lowest BCUT2D eigenvalue weighted by molar-refractivity contribution is 0.419. The van der Waals surface area contributed by atoms with E-state index in [1.807, 2.05) is 37.4 Å². The van der Waals surface area contributed by atoms with Gasteiger partial charge in [-0.1, -0.05) is 6.07 Å². The van der Waals surface area contributed by atoms with Gasteiger partial charge >= 0.3 is 0 Å². The van der Waals surface area contributed by atoms with Crippen LogP contribution in [0, 0.1) is 6.92 Å². The molecule has 0 aliphatic rings. The molecule has 0 atom stereocenters. The van der Waals surface area contributed by atoms with Crippen molar-refractivity contribution in [2.75, 3.05) is 7.11 Å². The molecule has 118 valence electrons. The molecule has 0 unspecified atom stereocenters. The second-order valence-electron chi connectivity index (χ2n) is 5.45. The van der Waals surface area contributed by atoms with Crippen LogP contribution >= 0.6 is 0 Å². The number of pyridine rings is 2. The topological polar surface area (TPSA) is 65.7 Å². The van der Waals surface area contributed by atoms with Gasteiger partial charge in [-0.3, -0.25) is 9.55 Å². The van der Waals surface area contributed by atoms with Crippen LogP contribution in [0.3, 0.4) is 0 Å². The molecular formula is C18H15N5O. The van der Waals surface area contributed by atoms with Crippen molar-refractivity contribution in [3.63, 3.8) is 0 Å². The second-order valence-corrected chi connectivity index (χ2v) is 5.45. The SMILES string of the molecule is COc1ccc(-c2cnc(-n3cnnc3)c(C)c2)c2cccnc12. The smallest absolute Gasteiger partial charge is 0.145 e. The summed E-state index contributed by atoms with van der Waals surface area (Å²) in [4.78, 5) is 9.03. The number of rotatable bonds is 3. The zero-order valence-corrected chi connectivity index (χ0v) is 13.3. The summed E-state index contributed by atoms with van der Waals surface area (Å²) < 4.78 is 7.21. The molecule has 3 aromatic heterocycles. The van der Waals surface area contributed by atoms with E-state index in [2.05, 4.69) is 26.2 Å². The molecule has 4 rings (SSSR count). The summed E-state index contributed by atoms with van der Waals surface area (Å²) in [5, 5.41) is 8.70. The Morgan fingerprint density at radius 2 is 1.88 bits per heavy atom. The van der Waals surface area contributed by atoms with Gasteiger partial charge in [0, 0.05) is 23.3 Å². The van der Waals surface area contributed by atoms with E-state index < -0.39 is 0 Å². The number of benzene rings is 1. The first-order chi connectivity index (χ1) is 11.8. The predicted molar refractivity (Wildman–Crippen MR) is 91.2 cm³/mol. The Balaban J connectivity index is 1.88. The number of ether oxygens (including phenoxy) is 1. The molecule has 0 fully saturated rings. The van der Waals surface area contributed by atoms with Crippen molar-refractivity contribution in [3.8, 4) is 22.7 Å². The summed E-state index contributed by atoms with van der Waals surface area (Å²) in [6.07, 6.45) is 6.91. The van der Waals surface area contributed by atoms with Gasteiger partial charge in [-0.05, 0) is 42.3 Å². The minimum absolute atomic E-state index is 0.764. The Bertz CT molecular complexity index is 1010. The van der Waals surface area contributed by atoms with Crippen LogP contribution in [-0.2, 0) is 0 Å². The van der Waals surface area contributed by atoms with Crippen molar-refractivity contribution in [2.45, 2.75) is 6.92 Å². The highest BCUT2D eigenvalue weighted by Gasteiger charge is 2.11. The molecule has 6 heteroatoms. The maximum absolute atomic E-state index is 5.41. The fourth-order valence-corrected chi connectivity index (χ4v) is 2.86. The number of nitrogens with zero attached hydrogens (tertiary/aromatic N) is 5. The molecule has 0 spiro atoms. The summed E-state index contributed by atoms with van der Waals surface area (Å²) in [5.74, 6) is 1.58. The van der Waals surface area contributed by atoms with Crippen molar-refractivity contribution in [3.05, 3.63) is 60.9 Å². The summed E-state index contributed by atoms with van der Waals surface area (Å²) in [6.45, 7) is 2.02. The first-order valence-corrected chi connectivity index (χ1v) is 7.51. The molecule has 1 aromatic carbocycles. The number of hydrogen-bond acceptors (Lipinski definition) is 5. The third-order valence-electron chi connectivity index (χ3n) is 3.98. The zero-order chi connectivity index (χ0) is 16.5. The number of hydrogen-bond donors (Lipinski definition) is 0. The fourth-order valence-electron chi connectivity index (χ4n) is 2.86. The van der Waals surface area contributed by atoms with Gasteiger partial charge in [-0.15, -0.1) is 10.2 Å². The number of aryl methyl sites for hydroxylation is 1. The van der Waals surface area contributed by atoms with Gasteiger partial charge in [-0.25, -0.2) is 4.98 Å². The van der Waals surface area contributed by atoms with Crippen molar-refractivity contribution in [1.82, 2.24) is 24.7 Å². The first-order valence-electron chi connectivity index (χ1n) is 7.51. The lowest BCUT2D eigenvalue weighted by Gasteiger charge is -2.11. The molecule has 24 heavy (non-hydrogen) atoms. The predicted octanol–water partition coefficient (Wildman–Crippen LogP) is 3.19. The van der Waals surface area contributed by atoms with E-state index in [1.165, 1.54) is 0 Å². The van der Waals surface area contributed by atoms with E-state index in [0.29, 0.717) is 0 Å². The van der Waals surface area contributed by atoms with Gasteiger partial charge in [0.1, 0.15) is 29.7 Å². The highest BCUT2D eigenvalue weighted by atomic mass is 16.5. The largest absolute Gasteiger partial charge is 0.494 e. The molecule has 0 aliphatic heterocycles. The molecule has 6 nitrogen and oxygen atoms in total. The molecule has 0 bridgehead atoms. The van der Waals surface area contributed by atoms with Gasteiger partial charge in [-0.2, -0.15) is 0 Å². The maximum atomic E-state index is 5.41. The maximum Gasteiger partial charge on any atom is 0.145 e. The van der Waals surface area contributed by atoms with Crippen LogP contribution in [0.2, 0.25) is 0 Å². The minimum atomic E-state index is 0.764. The molecule has 0 saturated heterocycles. The van der Waals surface area contributed by atoms with Crippen LogP contribution in [-0.4, -0.2) is 31.8 Å². The molecule has 0 saturated carbocycles. The normalized spacial score (nSPS) is 10.9. The summed E-state index contributed by atoms with van der Waals surface area (Å²) in [5.41, 5.74) is 3.99. The van der Waals surface area contributed by atoms with Crippen LogP contribution in [0.15, 0.2) is 55.4 Å². The second kappa shape index (κ2) is 5.73. The Labute approximate surface area is 138 Å². The van der Waals surface area contributed by atoms with E-state index in [9.17, 15) is 0 Å². The molecular weight excluding hydrogens is 302 g/mol. The summed E-state index contributed by atoms with van der Waals surface area (Å²) >= 11 is 0. The zero-order valence-electron chi connectivity index (χ0n) is 13.3. The number of fused-ring (bicyclic) bond motifs is 1. The number of methoxy groups -OCH3 is 1. The summed E-state index contributed by atoms with van der Waals surface area (Å²) in [7, 11) is 1.66. The molecule has 0 aliphatic carbocycles. The number of aromatic nitrogens is 5. The third kappa shape index (κ3) is 2.28. The van der Waals surface area contributed by atoms with Crippen LogP contribution in [0.1, 0.15) is 5.56 Å². The summed E-state index contributed by atoms with van der Waals surface area (Å²) in [6, 6.07) is 10.1. The molecule has 3 heterocycles. The van der Waals surface area contributed by atoms with E-state index in [4.69, 9.17) is 4.74 Å². The van der Waals surface area contributed by atoms with Gasteiger partial charge in [0.25, 0.3) is 0 Å². The average Bonchev–Trinajstić information content (AvgIpc) is 3.15. The van der Waals surface area contributed by atoms with Crippen LogP contribution < -0.4 is 4.74 Å². The Morgan fingerprint density at radius 1 is 1.04 bits per heavy atom. The standard InChI is InChI=1S/C18H15N5O/c1-12-8-13(9-20-18(12)23-10-21-22-11-23)14-5-6-16(24-2)17-15(14)4-3-7-19-17/h3-11H,1-2H3. The van der Waals surface area contributed by atoms with E-state index in [0.717, 1.165) is 39.2 Å². The third-order valence-corrected chi connectivity index (χ3v) is 3.98. The van der Waals surface area contributed by atoms with Crippen molar-refractivity contribution < 1.29 is 4.74 Å². The molecule has 0 N–H and O–H groups in total. The minimum Gasteiger partial charge on any atom is -0.494 e. The van der Waals surface area contributed by atoms with Crippen LogP contribution in [0.25, 0.3) is 27.8 Å². The lowest BCUT2D eigenvalue weighted by Crippen LogP contribution is -1.98. The van der Waals surface area contributed by atoms with Crippen molar-refractivity contribution >= 4 is 10.9 Å². The highest BCUT2D eigenvalue weighted by molar-refractivity contribution is 5.97. The lowest BCUT2D eigenvalue weighted by atomic mass is 10.0. The Morgan fingerprint density at radius 3 is 2.62 bits per heavy atom. The highest BCUT2D eigenvalue weighted by Crippen LogP contribution is 2.33. The average molecular weight is 317 g/mol. The van der Waals surface area contributed by atoms with Gasteiger partial charge in [0.05, 0.1) is 7.11 Å². The van der Waals surface area contributed by atoms with E-state index >= 15 is 0 Å². The fraction of sp³-hybridized carbons (Fsp3) is 0.111. The van der Waals surface area contributed by atoms with E-state index in [-0.39, 0.29) is 0 Å². The van der Waals surface area contributed by atoms with Gasteiger partial charge in [0.15, 0.2) is 0 Å². The van der Waals surface area contributed by atoms with E-state index in [1.54, 1.807) is 30.5 Å². The van der Waals surface area contributed by atoms with Crippen LogP contribution in [0.4, 0.5) is 0 Å². The Hall–Kier alpha value is -3.28. The molecule has 4 aromatic rings.